The third kappa shape index (κ3) is 7.99. The molecule has 2 unspecified atom stereocenters. The second kappa shape index (κ2) is 13.5. The number of nitrogens with zero attached hydrogens (tertiary/aromatic N) is 3. The smallest absolute Gasteiger partial charge is 0.298 e. The molecule has 1 aromatic carbocycles. The third-order valence-electron chi connectivity index (χ3n) is 7.08. The van der Waals surface area contributed by atoms with Gasteiger partial charge < -0.3 is 10.2 Å². The van der Waals surface area contributed by atoms with Crippen molar-refractivity contribution >= 4 is 17.7 Å². The van der Waals surface area contributed by atoms with Crippen LogP contribution in [0.25, 0.3) is 0 Å². The maximum atomic E-state index is 13.9. The first-order valence-electron chi connectivity index (χ1n) is 13.5. The second-order valence-electron chi connectivity index (χ2n) is 10.7. The van der Waals surface area contributed by atoms with Crippen molar-refractivity contribution in [3.05, 3.63) is 53.2 Å². The molecule has 3 amide bonds. The van der Waals surface area contributed by atoms with Crippen molar-refractivity contribution in [1.29, 1.82) is 0 Å². The first-order valence-corrected chi connectivity index (χ1v) is 13.5. The Morgan fingerprint density at radius 2 is 1.89 bits per heavy atom. The minimum atomic E-state index is -0.453. The lowest BCUT2D eigenvalue weighted by Crippen LogP contribution is -2.38. The molecule has 8 heteroatoms. The standard InChI is InChI=1S/C29H42N4O4/c1-20(2)19-23-26(37-28(31-23)24-14-8-9-17-32(24)4)29(36)33(25(34)16-15-21(3)27(30)35)18-10-13-22-11-6-5-7-12-22/h5-7,11-12,20-21,24H,8-10,13-19H2,1-4H3,(H2,30,35). The zero-order valence-corrected chi connectivity index (χ0v) is 22.7. The Kier molecular flexibility index (Phi) is 10.4. The zero-order chi connectivity index (χ0) is 26.9. The maximum absolute atomic E-state index is 13.9. The molecule has 1 aliphatic heterocycles. The highest BCUT2D eigenvalue weighted by Gasteiger charge is 2.33. The quantitative estimate of drug-likeness (QED) is 0.449. The minimum Gasteiger partial charge on any atom is -0.433 e. The first kappa shape index (κ1) is 28.6. The summed E-state index contributed by atoms with van der Waals surface area (Å²) in [5.41, 5.74) is 7.14. The lowest BCUT2D eigenvalue weighted by molar-refractivity contribution is -0.129. The van der Waals surface area contributed by atoms with E-state index in [9.17, 15) is 14.4 Å². The number of piperidine rings is 1. The maximum Gasteiger partial charge on any atom is 0.298 e. The highest BCUT2D eigenvalue weighted by molar-refractivity contribution is 6.03. The Bertz CT molecular complexity index is 1050. The number of aromatic nitrogens is 1. The van der Waals surface area contributed by atoms with E-state index < -0.39 is 17.7 Å². The molecule has 1 saturated heterocycles. The molecule has 0 aliphatic carbocycles. The number of hydrogen-bond donors (Lipinski definition) is 1. The van der Waals surface area contributed by atoms with Crippen LogP contribution in [0.15, 0.2) is 34.7 Å². The van der Waals surface area contributed by atoms with Gasteiger partial charge in [-0.2, -0.15) is 0 Å². The van der Waals surface area contributed by atoms with E-state index in [1.807, 2.05) is 30.3 Å². The summed E-state index contributed by atoms with van der Waals surface area (Å²) in [6.45, 7) is 7.06. The molecule has 2 heterocycles. The van der Waals surface area contributed by atoms with Crippen molar-refractivity contribution in [1.82, 2.24) is 14.8 Å². The average Bonchev–Trinajstić information content (AvgIpc) is 3.28. The number of imide groups is 1. The van der Waals surface area contributed by atoms with Crippen molar-refractivity contribution < 1.29 is 18.8 Å². The van der Waals surface area contributed by atoms with Crippen molar-refractivity contribution in [3.8, 4) is 0 Å². The number of amides is 3. The Morgan fingerprint density at radius 3 is 2.54 bits per heavy atom. The fraction of sp³-hybridized carbons (Fsp3) is 0.586. The second-order valence-corrected chi connectivity index (χ2v) is 10.7. The van der Waals surface area contributed by atoms with Crippen LogP contribution in [0.3, 0.4) is 0 Å². The van der Waals surface area contributed by atoms with Gasteiger partial charge in [0.1, 0.15) is 0 Å². The molecule has 0 bridgehead atoms. The van der Waals surface area contributed by atoms with E-state index in [4.69, 9.17) is 15.1 Å². The largest absolute Gasteiger partial charge is 0.433 e. The number of primary amides is 1. The predicted octanol–water partition coefficient (Wildman–Crippen LogP) is 4.53. The number of hydrogen-bond acceptors (Lipinski definition) is 6. The van der Waals surface area contributed by atoms with Gasteiger partial charge in [-0.15, -0.1) is 0 Å². The number of carbonyl (C=O) groups is 3. The van der Waals surface area contributed by atoms with Crippen LogP contribution < -0.4 is 5.73 Å². The number of nitrogens with two attached hydrogens (primary N) is 1. The third-order valence-corrected chi connectivity index (χ3v) is 7.08. The summed E-state index contributed by atoms with van der Waals surface area (Å²) >= 11 is 0. The summed E-state index contributed by atoms with van der Waals surface area (Å²) in [7, 11) is 2.05. The van der Waals surface area contributed by atoms with Gasteiger partial charge in [0, 0.05) is 18.9 Å². The lowest BCUT2D eigenvalue weighted by Gasteiger charge is -2.29. The highest BCUT2D eigenvalue weighted by Crippen LogP contribution is 2.31. The minimum absolute atomic E-state index is 0.0276. The van der Waals surface area contributed by atoms with Gasteiger partial charge >= 0.3 is 0 Å². The van der Waals surface area contributed by atoms with Gasteiger partial charge in [-0.1, -0.05) is 57.5 Å². The molecule has 0 saturated carbocycles. The number of oxazole rings is 1. The topological polar surface area (TPSA) is 110 Å². The Balaban J connectivity index is 1.85. The van der Waals surface area contributed by atoms with Crippen molar-refractivity contribution in [2.45, 2.75) is 78.2 Å². The van der Waals surface area contributed by atoms with Crippen LogP contribution >= 0.6 is 0 Å². The molecule has 1 fully saturated rings. The molecule has 0 radical (unpaired) electrons. The number of aryl methyl sites for hydroxylation is 1. The SMILES string of the molecule is CC(C)Cc1nc(C2CCCCN2C)oc1C(=O)N(CCCc1ccccc1)C(=O)CCC(C)C(N)=O. The molecule has 2 N–H and O–H groups in total. The van der Waals surface area contributed by atoms with Crippen LogP contribution in [0.5, 0.6) is 0 Å². The van der Waals surface area contributed by atoms with E-state index in [0.717, 1.165) is 37.8 Å². The van der Waals surface area contributed by atoms with E-state index in [0.29, 0.717) is 30.8 Å². The van der Waals surface area contributed by atoms with E-state index in [1.165, 1.54) is 4.90 Å². The number of likely N-dealkylation sites (tertiary alicyclic amines) is 1. The molecule has 37 heavy (non-hydrogen) atoms. The van der Waals surface area contributed by atoms with Crippen LogP contribution in [0.2, 0.25) is 0 Å². The van der Waals surface area contributed by atoms with Gasteiger partial charge in [0.05, 0.1) is 11.7 Å². The summed E-state index contributed by atoms with van der Waals surface area (Å²) < 4.78 is 6.18. The molecule has 8 nitrogen and oxygen atoms in total. The Hall–Kier alpha value is -3.00. The highest BCUT2D eigenvalue weighted by atomic mass is 16.4. The van der Waals surface area contributed by atoms with Crippen LogP contribution in [0.4, 0.5) is 0 Å². The molecule has 0 spiro atoms. The monoisotopic (exact) mass is 510 g/mol. The van der Waals surface area contributed by atoms with Gasteiger partial charge in [-0.3, -0.25) is 24.2 Å². The van der Waals surface area contributed by atoms with Crippen LogP contribution in [0, 0.1) is 11.8 Å². The van der Waals surface area contributed by atoms with Gasteiger partial charge in [0.25, 0.3) is 5.91 Å². The number of rotatable bonds is 12. The predicted molar refractivity (Wildman–Crippen MR) is 143 cm³/mol. The van der Waals surface area contributed by atoms with E-state index in [2.05, 4.69) is 25.8 Å². The van der Waals surface area contributed by atoms with E-state index in [-0.39, 0.29) is 36.6 Å². The first-order chi connectivity index (χ1) is 17.7. The molecule has 1 aromatic heterocycles. The fourth-order valence-electron chi connectivity index (χ4n) is 4.76. The normalized spacial score (nSPS) is 17.1. The van der Waals surface area contributed by atoms with Gasteiger partial charge in [-0.25, -0.2) is 4.98 Å². The Labute approximate surface area is 220 Å². The molecular weight excluding hydrogens is 468 g/mol. The van der Waals surface area contributed by atoms with E-state index in [1.54, 1.807) is 6.92 Å². The number of benzene rings is 1. The van der Waals surface area contributed by atoms with Gasteiger partial charge in [0.15, 0.2) is 0 Å². The lowest BCUT2D eigenvalue weighted by atomic mass is 10.0. The number of carbonyl (C=O) groups excluding carboxylic acids is 3. The van der Waals surface area contributed by atoms with Gasteiger partial charge in [0.2, 0.25) is 23.5 Å². The summed E-state index contributed by atoms with van der Waals surface area (Å²) in [6.07, 6.45) is 5.45. The summed E-state index contributed by atoms with van der Waals surface area (Å²) in [6, 6.07) is 10.0. The molecular formula is C29H42N4O4. The van der Waals surface area contributed by atoms with E-state index >= 15 is 0 Å². The molecule has 3 rings (SSSR count). The van der Waals surface area contributed by atoms with Crippen LogP contribution in [-0.2, 0) is 22.4 Å². The summed E-state index contributed by atoms with van der Waals surface area (Å²) in [5, 5.41) is 0. The van der Waals surface area contributed by atoms with Crippen molar-refractivity contribution in [2.75, 3.05) is 20.1 Å². The molecule has 202 valence electrons. The molecule has 2 atom stereocenters. The fourth-order valence-corrected chi connectivity index (χ4v) is 4.76. The molecule has 1 aliphatic rings. The van der Waals surface area contributed by atoms with Gasteiger partial charge in [-0.05, 0) is 63.6 Å². The zero-order valence-electron chi connectivity index (χ0n) is 22.7. The average molecular weight is 511 g/mol. The van der Waals surface area contributed by atoms with Crippen molar-refractivity contribution in [3.63, 3.8) is 0 Å². The molecule has 2 aromatic rings. The Morgan fingerprint density at radius 1 is 1.16 bits per heavy atom. The van der Waals surface area contributed by atoms with Crippen LogP contribution in [-0.4, -0.2) is 52.6 Å². The summed E-state index contributed by atoms with van der Waals surface area (Å²) in [5.74, 6) is -0.677. The van der Waals surface area contributed by atoms with Crippen molar-refractivity contribution in [2.24, 2.45) is 17.6 Å². The summed E-state index contributed by atoms with van der Waals surface area (Å²) in [4.78, 5) is 46.9. The van der Waals surface area contributed by atoms with Crippen LogP contribution in [0.1, 0.15) is 93.0 Å².